The minimum Gasteiger partial charge on any atom is -0.467 e. The van der Waals surface area contributed by atoms with E-state index in [1.165, 1.54) is 23.3 Å². The van der Waals surface area contributed by atoms with Crippen LogP contribution in [0.15, 0.2) is 52.8 Å². The Morgan fingerprint density at radius 1 is 1.29 bits per heavy atom. The highest BCUT2D eigenvalue weighted by atomic mass is 32.1. The Hall–Kier alpha value is -2.74. The summed E-state index contributed by atoms with van der Waals surface area (Å²) >= 11 is 5.15. The molecule has 124 valence electrons. The summed E-state index contributed by atoms with van der Waals surface area (Å²) in [5.74, 6) is 0.184. The number of para-hydroxylation sites is 1. The fraction of sp³-hybridized carbons (Fsp3) is 0.125. The molecular weight excluding hydrogens is 338 g/mol. The molecule has 5 nitrogen and oxygen atoms in total. The van der Waals surface area contributed by atoms with Crippen LogP contribution in [-0.2, 0) is 11.3 Å². The van der Waals surface area contributed by atoms with E-state index in [2.05, 4.69) is 10.1 Å². The molecule has 0 saturated carbocycles. The molecule has 1 aliphatic rings. The first-order valence-corrected chi connectivity index (χ1v) is 7.36. The molecule has 0 aliphatic carbocycles. The fourth-order valence-corrected chi connectivity index (χ4v) is 2.49. The third-order valence-electron chi connectivity index (χ3n) is 3.29. The third-order valence-corrected chi connectivity index (χ3v) is 3.61. The molecule has 0 spiro atoms. The van der Waals surface area contributed by atoms with E-state index in [1.807, 2.05) is 0 Å². The van der Waals surface area contributed by atoms with Crippen molar-refractivity contribution in [1.82, 2.24) is 10.2 Å². The zero-order valence-electron chi connectivity index (χ0n) is 12.2. The quantitative estimate of drug-likeness (QED) is 0.663. The minimum absolute atomic E-state index is 0.0231. The van der Waals surface area contributed by atoms with Crippen LogP contribution in [0.5, 0.6) is 5.75 Å². The Morgan fingerprint density at radius 3 is 2.79 bits per heavy atom. The lowest BCUT2D eigenvalue weighted by Gasteiger charge is -2.11. The number of benzene rings is 1. The van der Waals surface area contributed by atoms with Crippen molar-refractivity contribution in [2.45, 2.75) is 13.2 Å². The first kappa shape index (κ1) is 16.1. The van der Waals surface area contributed by atoms with Crippen LogP contribution in [0.1, 0.15) is 11.3 Å². The number of hydrogen-bond donors (Lipinski definition) is 1. The van der Waals surface area contributed by atoms with Crippen molar-refractivity contribution < 1.29 is 22.7 Å². The van der Waals surface area contributed by atoms with Crippen molar-refractivity contribution in [1.29, 1.82) is 0 Å². The van der Waals surface area contributed by atoms with Gasteiger partial charge in [0.1, 0.15) is 17.2 Å². The van der Waals surface area contributed by atoms with Crippen molar-refractivity contribution in [2.24, 2.45) is 0 Å². The van der Waals surface area contributed by atoms with E-state index in [0.717, 1.165) is 0 Å². The lowest BCUT2D eigenvalue weighted by Crippen LogP contribution is -2.29. The average molecular weight is 350 g/mol. The zero-order valence-corrected chi connectivity index (χ0v) is 13.1. The van der Waals surface area contributed by atoms with E-state index in [1.54, 1.807) is 30.3 Å². The average Bonchev–Trinajstić information content (AvgIpc) is 3.13. The zero-order chi connectivity index (χ0) is 17.1. The molecule has 2 aromatic rings. The lowest BCUT2D eigenvalue weighted by molar-refractivity contribution is -0.122. The van der Waals surface area contributed by atoms with Crippen molar-refractivity contribution in [3.63, 3.8) is 0 Å². The molecule has 0 unspecified atom stereocenters. The monoisotopic (exact) mass is 350 g/mol. The lowest BCUT2D eigenvalue weighted by atomic mass is 10.1. The number of hydrogen-bond acceptors (Lipinski definition) is 4. The van der Waals surface area contributed by atoms with Gasteiger partial charge in [-0.1, -0.05) is 18.2 Å². The number of amides is 1. The number of thiocarbonyl (C=S) groups is 1. The number of furan rings is 1. The Kier molecular flexibility index (Phi) is 4.57. The number of nitrogens with one attached hydrogen (secondary N) is 1. The minimum atomic E-state index is -2.95. The Balaban J connectivity index is 1.84. The van der Waals surface area contributed by atoms with E-state index < -0.39 is 6.61 Å². The molecule has 1 amide bonds. The maximum absolute atomic E-state index is 12.5. The number of nitrogens with zero attached hydrogens (tertiary/aromatic N) is 1. The maximum Gasteiger partial charge on any atom is 0.387 e. The van der Waals surface area contributed by atoms with E-state index in [4.69, 9.17) is 16.6 Å². The topological polar surface area (TPSA) is 54.7 Å². The predicted octanol–water partition coefficient (Wildman–Crippen LogP) is 3.14. The molecule has 1 aromatic carbocycles. The van der Waals surface area contributed by atoms with Crippen LogP contribution >= 0.6 is 12.2 Å². The van der Waals surface area contributed by atoms with Gasteiger partial charge in [0.25, 0.3) is 5.91 Å². The highest BCUT2D eigenvalue weighted by molar-refractivity contribution is 7.80. The summed E-state index contributed by atoms with van der Waals surface area (Å²) in [5, 5.41) is 3.00. The first-order valence-electron chi connectivity index (χ1n) is 6.95. The Morgan fingerprint density at radius 2 is 2.08 bits per heavy atom. The molecule has 1 N–H and O–H groups in total. The Labute approximate surface area is 141 Å². The van der Waals surface area contributed by atoms with Crippen LogP contribution in [0.25, 0.3) is 6.08 Å². The van der Waals surface area contributed by atoms with E-state index >= 15 is 0 Å². The summed E-state index contributed by atoms with van der Waals surface area (Å²) in [6.07, 6.45) is 2.93. The number of carbonyl (C=O) groups is 1. The summed E-state index contributed by atoms with van der Waals surface area (Å²) in [4.78, 5) is 13.8. The number of halogens is 2. The molecule has 24 heavy (non-hydrogen) atoms. The van der Waals surface area contributed by atoms with Crippen molar-refractivity contribution in [3.05, 3.63) is 59.7 Å². The molecule has 0 atom stereocenters. The molecule has 1 aliphatic heterocycles. The molecule has 8 heteroatoms. The normalized spacial score (nSPS) is 16.1. The molecule has 3 rings (SSSR count). The number of carbonyl (C=O) groups excluding carboxylic acids is 1. The molecule has 1 aromatic heterocycles. The van der Waals surface area contributed by atoms with Crippen LogP contribution < -0.4 is 10.1 Å². The summed E-state index contributed by atoms with van der Waals surface area (Å²) in [7, 11) is 0. The SMILES string of the molecule is O=C1/C(=C/c2ccccc2OC(F)F)NC(=S)N1Cc1ccco1. The van der Waals surface area contributed by atoms with Gasteiger partial charge < -0.3 is 14.5 Å². The Bertz CT molecular complexity index is 790. The van der Waals surface area contributed by atoms with Gasteiger partial charge in [0, 0.05) is 5.56 Å². The smallest absolute Gasteiger partial charge is 0.387 e. The van der Waals surface area contributed by atoms with Gasteiger partial charge in [0.15, 0.2) is 5.11 Å². The molecule has 0 bridgehead atoms. The van der Waals surface area contributed by atoms with Crippen LogP contribution in [-0.4, -0.2) is 22.5 Å². The van der Waals surface area contributed by atoms with Crippen molar-refractivity contribution in [2.75, 3.05) is 0 Å². The van der Waals surface area contributed by atoms with Gasteiger partial charge in [-0.05, 0) is 36.5 Å². The summed E-state index contributed by atoms with van der Waals surface area (Å²) < 4.78 is 34.6. The summed E-state index contributed by atoms with van der Waals surface area (Å²) in [6, 6.07) is 9.62. The predicted molar refractivity (Wildman–Crippen MR) is 86.0 cm³/mol. The first-order chi connectivity index (χ1) is 11.5. The highest BCUT2D eigenvalue weighted by Gasteiger charge is 2.31. The largest absolute Gasteiger partial charge is 0.467 e. The van der Waals surface area contributed by atoms with Crippen LogP contribution in [0.3, 0.4) is 0 Å². The van der Waals surface area contributed by atoms with E-state index in [-0.39, 0.29) is 29.0 Å². The highest BCUT2D eigenvalue weighted by Crippen LogP contribution is 2.24. The van der Waals surface area contributed by atoms with E-state index in [0.29, 0.717) is 11.3 Å². The van der Waals surface area contributed by atoms with Crippen LogP contribution in [0, 0.1) is 0 Å². The fourth-order valence-electron chi connectivity index (χ4n) is 2.23. The summed E-state index contributed by atoms with van der Waals surface area (Å²) in [6.45, 7) is -2.77. The third kappa shape index (κ3) is 3.43. The molecule has 0 radical (unpaired) electrons. The van der Waals surface area contributed by atoms with Crippen LogP contribution in [0.4, 0.5) is 8.78 Å². The second-order valence-corrected chi connectivity index (χ2v) is 5.26. The van der Waals surface area contributed by atoms with Gasteiger partial charge in [-0.3, -0.25) is 9.69 Å². The van der Waals surface area contributed by atoms with Gasteiger partial charge in [-0.2, -0.15) is 8.78 Å². The molecule has 1 fully saturated rings. The van der Waals surface area contributed by atoms with E-state index in [9.17, 15) is 13.6 Å². The number of ether oxygens (including phenoxy) is 1. The van der Waals surface area contributed by atoms with Crippen LogP contribution in [0.2, 0.25) is 0 Å². The molecular formula is C16H12F2N2O3S. The second-order valence-electron chi connectivity index (χ2n) is 4.88. The van der Waals surface area contributed by atoms with Gasteiger partial charge in [0.2, 0.25) is 0 Å². The number of alkyl halides is 2. The van der Waals surface area contributed by atoms with Gasteiger partial charge in [-0.15, -0.1) is 0 Å². The molecule has 1 saturated heterocycles. The maximum atomic E-state index is 12.5. The van der Waals surface area contributed by atoms with Gasteiger partial charge >= 0.3 is 6.61 Å². The summed E-state index contributed by atoms with van der Waals surface area (Å²) in [5.41, 5.74) is 0.521. The van der Waals surface area contributed by atoms with Crippen molar-refractivity contribution in [3.8, 4) is 5.75 Å². The standard InChI is InChI=1S/C16H12F2N2O3S/c17-15(18)23-13-6-2-1-4-10(13)8-12-14(21)20(16(24)19-12)9-11-5-3-7-22-11/h1-8,15H,9H2,(H,19,24)/b12-8-. The van der Waals surface area contributed by atoms with Gasteiger partial charge in [0.05, 0.1) is 12.8 Å². The molecule has 2 heterocycles. The second kappa shape index (κ2) is 6.79. The van der Waals surface area contributed by atoms with Crippen molar-refractivity contribution >= 4 is 29.3 Å². The van der Waals surface area contributed by atoms with Gasteiger partial charge in [-0.25, -0.2) is 0 Å². The number of rotatable bonds is 5.